The highest BCUT2D eigenvalue weighted by atomic mass is 35.5. The Morgan fingerprint density at radius 3 is 2.58 bits per heavy atom. The number of allylic oxidation sites excluding steroid dienone is 2. The zero-order chi connectivity index (χ0) is 27.5. The van der Waals surface area contributed by atoms with E-state index in [1.807, 2.05) is 0 Å². The zero-order valence-electron chi connectivity index (χ0n) is 22.0. The third-order valence-electron chi connectivity index (χ3n) is 7.04. The van der Waals surface area contributed by atoms with Crippen LogP contribution in [0.5, 0.6) is 0 Å². The second-order valence-electron chi connectivity index (χ2n) is 9.88. The first-order valence-electron chi connectivity index (χ1n) is 13.3. The minimum atomic E-state index is -0.248. The van der Waals surface area contributed by atoms with Crippen LogP contribution in [-0.4, -0.2) is 49.4 Å². The Morgan fingerprint density at radius 1 is 1.16 bits per heavy atom. The van der Waals surface area contributed by atoms with Gasteiger partial charge in [0.2, 0.25) is 5.91 Å². The number of ether oxygens (including phenoxy) is 3. The molecule has 2 fully saturated rings. The Labute approximate surface area is 241 Å². The SMILES string of the molecule is C=CCOC(=O)CCCC=CC[C@@H]1[C@@H](CN(C(C)=O)c2cc(Cl)cc(Cl)c2)[C@H](OC2CCCCO2)C[C@H]1Cl. The van der Waals surface area contributed by atoms with Gasteiger partial charge in [0.1, 0.15) is 6.61 Å². The van der Waals surface area contributed by atoms with Gasteiger partial charge in [-0.2, -0.15) is 0 Å². The molecule has 1 amide bonds. The van der Waals surface area contributed by atoms with E-state index in [0.29, 0.717) is 48.1 Å². The Balaban J connectivity index is 1.70. The fraction of sp³-hybridized carbons (Fsp3) is 0.586. The lowest BCUT2D eigenvalue weighted by Crippen LogP contribution is -2.41. The highest BCUT2D eigenvalue weighted by molar-refractivity contribution is 6.35. The van der Waals surface area contributed by atoms with Crippen molar-refractivity contribution in [3.05, 3.63) is 53.1 Å². The second-order valence-corrected chi connectivity index (χ2v) is 11.3. The minimum Gasteiger partial charge on any atom is -0.461 e. The van der Waals surface area contributed by atoms with E-state index in [0.717, 1.165) is 32.1 Å². The smallest absolute Gasteiger partial charge is 0.306 e. The van der Waals surface area contributed by atoms with E-state index in [9.17, 15) is 9.59 Å². The monoisotopic (exact) mass is 585 g/mol. The molecule has 3 rings (SSSR count). The van der Waals surface area contributed by atoms with Gasteiger partial charge in [0.15, 0.2) is 6.29 Å². The topological polar surface area (TPSA) is 65.1 Å². The zero-order valence-corrected chi connectivity index (χ0v) is 24.2. The number of amides is 1. The van der Waals surface area contributed by atoms with Crippen LogP contribution in [0.1, 0.15) is 58.3 Å². The molecule has 210 valence electrons. The summed E-state index contributed by atoms with van der Waals surface area (Å²) >= 11 is 19.4. The maximum absolute atomic E-state index is 12.8. The van der Waals surface area contributed by atoms with Crippen LogP contribution < -0.4 is 4.90 Å². The molecule has 0 aromatic heterocycles. The van der Waals surface area contributed by atoms with E-state index >= 15 is 0 Å². The van der Waals surface area contributed by atoms with Gasteiger partial charge in [-0.25, -0.2) is 0 Å². The van der Waals surface area contributed by atoms with Crippen molar-refractivity contribution in [2.24, 2.45) is 11.8 Å². The summed E-state index contributed by atoms with van der Waals surface area (Å²) in [6, 6.07) is 5.14. The number of nitrogens with zero attached hydrogens (tertiary/aromatic N) is 1. The number of carbonyl (C=O) groups excluding carboxylic acids is 2. The summed E-state index contributed by atoms with van der Waals surface area (Å²) in [5, 5.41) is 0.831. The molecule has 1 saturated heterocycles. The molecule has 2 aliphatic rings. The molecule has 0 radical (unpaired) electrons. The van der Waals surface area contributed by atoms with Gasteiger partial charge < -0.3 is 19.1 Å². The predicted octanol–water partition coefficient (Wildman–Crippen LogP) is 7.35. The lowest BCUT2D eigenvalue weighted by atomic mass is 9.90. The van der Waals surface area contributed by atoms with Crippen LogP contribution in [0.3, 0.4) is 0 Å². The quantitative estimate of drug-likeness (QED) is 0.105. The van der Waals surface area contributed by atoms with Gasteiger partial charge in [-0.15, -0.1) is 11.6 Å². The van der Waals surface area contributed by atoms with E-state index < -0.39 is 0 Å². The third-order valence-corrected chi connectivity index (χ3v) is 7.97. The largest absolute Gasteiger partial charge is 0.461 e. The molecular weight excluding hydrogens is 549 g/mol. The highest BCUT2D eigenvalue weighted by Crippen LogP contribution is 2.42. The number of halogens is 3. The molecule has 1 aromatic carbocycles. The molecule has 0 bridgehead atoms. The van der Waals surface area contributed by atoms with E-state index in [2.05, 4.69) is 18.7 Å². The fourth-order valence-electron chi connectivity index (χ4n) is 5.14. The first-order chi connectivity index (χ1) is 18.3. The maximum atomic E-state index is 12.8. The molecule has 5 atom stereocenters. The van der Waals surface area contributed by atoms with Gasteiger partial charge >= 0.3 is 5.97 Å². The van der Waals surface area contributed by atoms with Crippen molar-refractivity contribution in [1.29, 1.82) is 0 Å². The van der Waals surface area contributed by atoms with Gasteiger partial charge in [0, 0.05) is 53.5 Å². The van der Waals surface area contributed by atoms with Gasteiger partial charge in [0.25, 0.3) is 0 Å². The summed E-state index contributed by atoms with van der Waals surface area (Å²) < 4.78 is 17.3. The van der Waals surface area contributed by atoms with Crippen molar-refractivity contribution >= 4 is 52.4 Å². The molecule has 1 aromatic rings. The number of esters is 1. The summed E-state index contributed by atoms with van der Waals surface area (Å²) in [4.78, 5) is 26.1. The van der Waals surface area contributed by atoms with Crippen LogP contribution in [0.2, 0.25) is 10.0 Å². The molecule has 1 aliphatic carbocycles. The molecule has 1 unspecified atom stereocenters. The first-order valence-corrected chi connectivity index (χ1v) is 14.5. The number of unbranched alkanes of at least 4 members (excludes halogenated alkanes) is 1. The van der Waals surface area contributed by atoms with E-state index in [4.69, 9.17) is 49.0 Å². The second kappa shape index (κ2) is 15.9. The van der Waals surface area contributed by atoms with Crippen LogP contribution in [0.4, 0.5) is 5.69 Å². The number of rotatable bonds is 13. The summed E-state index contributed by atoms with van der Waals surface area (Å²) in [5.41, 5.74) is 0.651. The molecule has 0 N–H and O–H groups in total. The number of benzene rings is 1. The first kappa shape index (κ1) is 31.0. The maximum Gasteiger partial charge on any atom is 0.306 e. The van der Waals surface area contributed by atoms with E-state index in [1.165, 1.54) is 6.92 Å². The molecule has 1 heterocycles. The average molecular weight is 587 g/mol. The predicted molar refractivity (Wildman–Crippen MR) is 153 cm³/mol. The molecule has 1 aliphatic heterocycles. The lowest BCUT2D eigenvalue weighted by Gasteiger charge is -2.34. The Kier molecular flexibility index (Phi) is 12.9. The van der Waals surface area contributed by atoms with Crippen molar-refractivity contribution in [2.75, 3.05) is 24.7 Å². The van der Waals surface area contributed by atoms with Crippen LogP contribution in [0.25, 0.3) is 0 Å². The van der Waals surface area contributed by atoms with Gasteiger partial charge in [-0.05, 0) is 69.1 Å². The highest BCUT2D eigenvalue weighted by Gasteiger charge is 2.44. The summed E-state index contributed by atoms with van der Waals surface area (Å²) in [5.74, 6) is -0.240. The van der Waals surface area contributed by atoms with Crippen LogP contribution in [0, 0.1) is 11.8 Å². The summed E-state index contributed by atoms with van der Waals surface area (Å²) in [6.45, 7) is 6.45. The van der Waals surface area contributed by atoms with Crippen molar-refractivity contribution in [3.63, 3.8) is 0 Å². The summed E-state index contributed by atoms with van der Waals surface area (Å²) in [7, 11) is 0. The van der Waals surface area contributed by atoms with Crippen LogP contribution in [0.15, 0.2) is 43.0 Å². The number of anilines is 1. The van der Waals surface area contributed by atoms with Crippen molar-refractivity contribution < 1.29 is 23.8 Å². The third kappa shape index (κ3) is 9.56. The van der Waals surface area contributed by atoms with Crippen molar-refractivity contribution in [3.8, 4) is 0 Å². The molecule has 9 heteroatoms. The molecule has 1 saturated carbocycles. The van der Waals surface area contributed by atoms with Gasteiger partial charge in [-0.1, -0.05) is 48.0 Å². The Hall–Kier alpha value is -1.57. The average Bonchev–Trinajstić information content (AvgIpc) is 3.16. The van der Waals surface area contributed by atoms with E-state index in [1.54, 1.807) is 29.2 Å². The van der Waals surface area contributed by atoms with Crippen LogP contribution >= 0.6 is 34.8 Å². The fourth-order valence-corrected chi connectivity index (χ4v) is 6.12. The van der Waals surface area contributed by atoms with Crippen molar-refractivity contribution in [1.82, 2.24) is 0 Å². The Bertz CT molecular complexity index is 945. The normalized spacial score (nSPS) is 25.4. The van der Waals surface area contributed by atoms with E-state index in [-0.39, 0.29) is 48.1 Å². The minimum absolute atomic E-state index is 0.0109. The number of hydrogen-bond donors (Lipinski definition) is 0. The standard InChI is InChI=1S/C29H38Cl3NO5/c1-3-13-36-28(35)11-7-5-4-6-10-24-25(27(18-26(24)32)38-29-12-8-9-14-37-29)19-33(20(2)34)23-16-21(30)15-22(31)17-23/h3-4,6,15-17,24-27,29H,1,5,7-14,18-19H2,2H3/t24-,25-,26-,27-,29?/m1/s1. The van der Waals surface area contributed by atoms with Crippen molar-refractivity contribution in [2.45, 2.75) is 76.1 Å². The number of carbonyl (C=O) groups is 2. The molecule has 0 spiro atoms. The molecule has 6 nitrogen and oxygen atoms in total. The molecule has 38 heavy (non-hydrogen) atoms. The number of alkyl halides is 1. The van der Waals surface area contributed by atoms with Gasteiger partial charge in [-0.3, -0.25) is 9.59 Å². The van der Waals surface area contributed by atoms with Gasteiger partial charge in [0.05, 0.1) is 6.10 Å². The van der Waals surface area contributed by atoms with Crippen LogP contribution in [-0.2, 0) is 23.8 Å². The lowest BCUT2D eigenvalue weighted by molar-refractivity contribution is -0.195. The summed E-state index contributed by atoms with van der Waals surface area (Å²) in [6.07, 6.45) is 11.6. The number of hydrogen-bond acceptors (Lipinski definition) is 5. The Morgan fingerprint density at radius 2 is 1.92 bits per heavy atom. The molecular formula is C29H38Cl3NO5.